The molecule has 0 atom stereocenters. The third-order valence-corrected chi connectivity index (χ3v) is 5.50. The van der Waals surface area contributed by atoms with Gasteiger partial charge in [-0.05, 0) is 30.5 Å². The van der Waals surface area contributed by atoms with Gasteiger partial charge in [-0.2, -0.15) is 15.4 Å². The molecule has 9 heteroatoms. The Kier molecular flexibility index (Phi) is 5.33. The molecular formula is C21H21F2N5OS. The van der Waals surface area contributed by atoms with Crippen LogP contribution in [-0.2, 0) is 11.3 Å². The van der Waals surface area contributed by atoms with Crippen molar-refractivity contribution in [1.29, 1.82) is 0 Å². The van der Waals surface area contributed by atoms with E-state index in [1.165, 1.54) is 11.3 Å². The van der Waals surface area contributed by atoms with Crippen LogP contribution in [0.4, 0.5) is 8.78 Å². The summed E-state index contributed by atoms with van der Waals surface area (Å²) in [6.45, 7) is 9.28. The van der Waals surface area contributed by atoms with Crippen LogP contribution in [-0.4, -0.2) is 32.0 Å². The summed E-state index contributed by atoms with van der Waals surface area (Å²) in [6.07, 6.45) is 0. The zero-order chi connectivity index (χ0) is 21.5. The van der Waals surface area contributed by atoms with E-state index >= 15 is 0 Å². The van der Waals surface area contributed by atoms with Crippen LogP contribution >= 0.6 is 11.3 Å². The quantitative estimate of drug-likeness (QED) is 0.466. The second kappa shape index (κ2) is 7.81. The fourth-order valence-corrected chi connectivity index (χ4v) is 4.00. The smallest absolute Gasteiger partial charge is 0.162 e. The minimum absolute atomic E-state index is 0.0339. The summed E-state index contributed by atoms with van der Waals surface area (Å²) >= 11 is 1.48. The summed E-state index contributed by atoms with van der Waals surface area (Å²) in [6, 6.07) is 6.32. The Bertz CT molecular complexity index is 1210. The fourth-order valence-electron chi connectivity index (χ4n) is 3.03. The highest BCUT2D eigenvalue weighted by molar-refractivity contribution is 7.15. The van der Waals surface area contributed by atoms with Crippen LogP contribution < -0.4 is 0 Å². The summed E-state index contributed by atoms with van der Waals surface area (Å²) in [4.78, 5) is 10.0. The Morgan fingerprint density at radius 2 is 1.80 bits per heavy atom. The molecular weight excluding hydrogens is 408 g/mol. The number of aromatic nitrogens is 5. The van der Waals surface area contributed by atoms with Gasteiger partial charge in [-0.1, -0.05) is 26.8 Å². The number of ether oxygens (including phenoxy) is 1. The molecule has 0 aliphatic carbocycles. The summed E-state index contributed by atoms with van der Waals surface area (Å²) in [5.41, 5.74) is 1.60. The molecule has 6 nitrogen and oxygen atoms in total. The first kappa shape index (κ1) is 20.5. The average molecular weight is 429 g/mol. The predicted molar refractivity (Wildman–Crippen MR) is 112 cm³/mol. The largest absolute Gasteiger partial charge is 0.374 e. The van der Waals surface area contributed by atoms with Crippen LogP contribution in [0.5, 0.6) is 0 Å². The lowest BCUT2D eigenvalue weighted by atomic mass is 9.99. The normalized spacial score (nSPS) is 12.1. The Hall–Kier alpha value is -2.78. The van der Waals surface area contributed by atoms with Gasteiger partial charge in [0.1, 0.15) is 5.01 Å². The predicted octanol–water partition coefficient (Wildman–Crippen LogP) is 5.29. The number of aromatic amines is 1. The maximum absolute atomic E-state index is 14.9. The van der Waals surface area contributed by atoms with Gasteiger partial charge in [0.25, 0.3) is 0 Å². The van der Waals surface area contributed by atoms with E-state index < -0.39 is 11.6 Å². The Labute approximate surface area is 176 Å². The summed E-state index contributed by atoms with van der Waals surface area (Å²) in [5, 5.41) is 10.5. The molecule has 0 saturated carbocycles. The van der Waals surface area contributed by atoms with Crippen molar-refractivity contribution < 1.29 is 13.5 Å². The topological polar surface area (TPSA) is 76.6 Å². The van der Waals surface area contributed by atoms with E-state index in [9.17, 15) is 8.78 Å². The van der Waals surface area contributed by atoms with Crippen molar-refractivity contribution in [3.63, 3.8) is 0 Å². The first-order valence-corrected chi connectivity index (χ1v) is 10.2. The number of pyridine rings is 1. The Morgan fingerprint density at radius 1 is 1.07 bits per heavy atom. The molecule has 156 valence electrons. The first-order chi connectivity index (χ1) is 14.2. The number of H-pyrrole nitrogens is 1. The maximum atomic E-state index is 14.9. The van der Waals surface area contributed by atoms with Gasteiger partial charge in [0.15, 0.2) is 22.7 Å². The molecule has 3 heterocycles. The summed E-state index contributed by atoms with van der Waals surface area (Å²) in [7, 11) is 0. The van der Waals surface area contributed by atoms with E-state index in [1.807, 2.05) is 13.0 Å². The van der Waals surface area contributed by atoms with Gasteiger partial charge < -0.3 is 4.74 Å². The van der Waals surface area contributed by atoms with Crippen molar-refractivity contribution in [1.82, 2.24) is 25.4 Å². The number of nitrogens with zero attached hydrogens (tertiary/aromatic N) is 4. The van der Waals surface area contributed by atoms with Crippen LogP contribution in [0, 0.1) is 24.0 Å². The highest BCUT2D eigenvalue weighted by Crippen LogP contribution is 2.33. The number of rotatable bonds is 5. The van der Waals surface area contributed by atoms with E-state index in [1.54, 1.807) is 12.1 Å². The molecule has 0 amide bonds. The number of benzene rings is 1. The number of hydrogen-bond acceptors (Lipinski definition) is 6. The van der Waals surface area contributed by atoms with Gasteiger partial charge in [0.2, 0.25) is 0 Å². The second-order valence-corrected chi connectivity index (χ2v) is 9.31. The zero-order valence-electron chi connectivity index (χ0n) is 17.1. The fraction of sp³-hybridized carbons (Fsp3) is 0.333. The molecule has 0 spiro atoms. The van der Waals surface area contributed by atoms with Crippen LogP contribution in [0.15, 0.2) is 24.3 Å². The van der Waals surface area contributed by atoms with Gasteiger partial charge in [0, 0.05) is 5.56 Å². The SMILES string of the molecule is Cc1nc(COCC(C)(C)C)sc1-c1cccc(-c2cc(F)c3n[nH]nc3c2F)n1. The van der Waals surface area contributed by atoms with Gasteiger partial charge in [-0.15, -0.1) is 11.3 Å². The zero-order valence-corrected chi connectivity index (χ0v) is 17.9. The monoisotopic (exact) mass is 429 g/mol. The molecule has 1 aromatic carbocycles. The lowest BCUT2D eigenvalue weighted by molar-refractivity contribution is 0.0597. The number of halogens is 2. The number of fused-ring (bicyclic) bond motifs is 1. The summed E-state index contributed by atoms with van der Waals surface area (Å²) < 4.78 is 34.9. The van der Waals surface area contributed by atoms with Crippen LogP contribution in [0.3, 0.4) is 0 Å². The molecule has 30 heavy (non-hydrogen) atoms. The lowest BCUT2D eigenvalue weighted by Crippen LogP contribution is -2.14. The van der Waals surface area contributed by atoms with Crippen LogP contribution in [0.25, 0.3) is 32.9 Å². The minimum Gasteiger partial charge on any atom is -0.374 e. The Balaban J connectivity index is 1.66. The first-order valence-electron chi connectivity index (χ1n) is 9.43. The van der Waals surface area contributed by atoms with Crippen molar-refractivity contribution in [3.8, 4) is 21.8 Å². The highest BCUT2D eigenvalue weighted by Gasteiger charge is 2.19. The van der Waals surface area contributed by atoms with Gasteiger partial charge >= 0.3 is 0 Å². The van der Waals surface area contributed by atoms with E-state index in [4.69, 9.17) is 4.74 Å². The van der Waals surface area contributed by atoms with Gasteiger partial charge in [0.05, 0.1) is 35.2 Å². The Morgan fingerprint density at radius 3 is 2.57 bits per heavy atom. The van der Waals surface area contributed by atoms with Crippen LogP contribution in [0.2, 0.25) is 0 Å². The lowest BCUT2D eigenvalue weighted by Gasteiger charge is -2.17. The molecule has 0 aliphatic heterocycles. The minimum atomic E-state index is -0.665. The third kappa shape index (κ3) is 4.08. The van der Waals surface area contributed by atoms with E-state index in [0.717, 1.165) is 21.6 Å². The number of aryl methyl sites for hydroxylation is 1. The summed E-state index contributed by atoms with van der Waals surface area (Å²) in [5.74, 6) is -1.32. The molecule has 0 bridgehead atoms. The highest BCUT2D eigenvalue weighted by atomic mass is 32.1. The van der Waals surface area contributed by atoms with Crippen molar-refractivity contribution >= 4 is 22.4 Å². The van der Waals surface area contributed by atoms with E-state index in [-0.39, 0.29) is 22.0 Å². The van der Waals surface area contributed by atoms with Gasteiger partial charge in [-0.25, -0.2) is 18.7 Å². The van der Waals surface area contributed by atoms with E-state index in [2.05, 4.69) is 46.1 Å². The molecule has 3 aromatic heterocycles. The van der Waals surface area contributed by atoms with Crippen molar-refractivity contribution in [2.45, 2.75) is 34.3 Å². The number of nitrogens with one attached hydrogen (secondary N) is 1. The van der Waals surface area contributed by atoms with Gasteiger partial charge in [-0.3, -0.25) is 0 Å². The van der Waals surface area contributed by atoms with Crippen molar-refractivity contribution in [2.24, 2.45) is 5.41 Å². The molecule has 0 aliphatic rings. The number of hydrogen-bond donors (Lipinski definition) is 1. The molecule has 1 N–H and O–H groups in total. The molecule has 4 rings (SSSR count). The standard InChI is InChI=1S/C21H21F2N5OS/c1-11-20(30-16(24-11)9-29-10-21(2,3)4)15-7-5-6-14(25-15)12-8-13(22)18-19(17(12)23)27-28-26-18/h5-8H,9-10H2,1-4H3,(H,26,27,28). The van der Waals surface area contributed by atoms with E-state index in [0.29, 0.717) is 24.6 Å². The van der Waals surface area contributed by atoms with Crippen molar-refractivity contribution in [2.75, 3.05) is 6.61 Å². The maximum Gasteiger partial charge on any atom is 0.162 e. The molecule has 0 radical (unpaired) electrons. The average Bonchev–Trinajstić information content (AvgIpc) is 3.31. The second-order valence-electron chi connectivity index (χ2n) is 8.22. The molecule has 0 saturated heterocycles. The third-order valence-electron chi connectivity index (χ3n) is 4.35. The van der Waals surface area contributed by atoms with Crippen molar-refractivity contribution in [3.05, 3.63) is 46.6 Å². The molecule has 4 aromatic rings. The molecule has 0 fully saturated rings. The number of thiazole rings is 1. The molecule has 0 unspecified atom stereocenters. The van der Waals surface area contributed by atoms with Crippen LogP contribution in [0.1, 0.15) is 31.5 Å².